The van der Waals surface area contributed by atoms with Gasteiger partial charge >= 0.3 is 5.24 Å². The molecule has 0 fully saturated rings. The summed E-state index contributed by atoms with van der Waals surface area (Å²) < 4.78 is 35.2. The normalized spacial score (nSPS) is 11.0. The van der Waals surface area contributed by atoms with Crippen molar-refractivity contribution in [3.63, 3.8) is 0 Å². The third-order valence-corrected chi connectivity index (χ3v) is 6.57. The summed E-state index contributed by atoms with van der Waals surface area (Å²) in [6.07, 6.45) is 2.26. The molecule has 0 bridgehead atoms. The topological polar surface area (TPSA) is 114 Å². The van der Waals surface area contributed by atoms with Crippen LogP contribution in [0.4, 0.5) is 4.79 Å². The summed E-state index contributed by atoms with van der Waals surface area (Å²) in [5.41, 5.74) is 1.48. The van der Waals surface area contributed by atoms with Crippen LogP contribution in [0.15, 0.2) is 53.9 Å². The number of nitrogens with one attached hydrogen (secondary N) is 3. The van der Waals surface area contributed by atoms with Gasteiger partial charge in [-0.15, -0.1) is 6.58 Å². The zero-order valence-electron chi connectivity index (χ0n) is 17.6. The SMILES string of the molecule is C=CCc1ccc(CCNC(=O)c2cc(Cl)ccc2OC)cc1S(=O)(=O)NC(=O)SNC. The number of carbonyl (C=O) groups excluding carboxylic acids is 2. The number of allylic oxidation sites excluding steroid dienone is 1. The number of benzene rings is 2. The van der Waals surface area contributed by atoms with Crippen LogP contribution in [0.2, 0.25) is 5.02 Å². The fourth-order valence-electron chi connectivity index (χ4n) is 2.88. The lowest BCUT2D eigenvalue weighted by molar-refractivity contribution is 0.0951. The lowest BCUT2D eigenvalue weighted by Gasteiger charge is -2.13. The highest BCUT2D eigenvalue weighted by Crippen LogP contribution is 2.23. The van der Waals surface area contributed by atoms with Gasteiger partial charge in [-0.25, -0.2) is 13.1 Å². The predicted octanol–water partition coefficient (Wildman–Crippen LogP) is 3.32. The number of sulfonamides is 1. The second kappa shape index (κ2) is 11.9. The molecule has 2 amide bonds. The largest absolute Gasteiger partial charge is 0.496 e. The van der Waals surface area contributed by atoms with E-state index in [1.54, 1.807) is 30.3 Å². The molecule has 2 aromatic rings. The Labute approximate surface area is 196 Å². The summed E-state index contributed by atoms with van der Waals surface area (Å²) in [7, 11) is -1.12. The lowest BCUT2D eigenvalue weighted by Crippen LogP contribution is -2.29. The molecule has 0 aromatic heterocycles. The molecule has 0 aliphatic carbocycles. The van der Waals surface area contributed by atoms with Crippen LogP contribution in [0.5, 0.6) is 5.75 Å². The fraction of sp³-hybridized carbons (Fsp3) is 0.238. The maximum absolute atomic E-state index is 12.7. The maximum atomic E-state index is 12.7. The molecule has 0 heterocycles. The zero-order valence-corrected chi connectivity index (χ0v) is 20.0. The van der Waals surface area contributed by atoms with Crippen molar-refractivity contribution in [2.24, 2.45) is 0 Å². The second-order valence-electron chi connectivity index (χ2n) is 6.48. The zero-order chi connectivity index (χ0) is 23.7. The van der Waals surface area contributed by atoms with E-state index in [1.165, 1.54) is 26.3 Å². The summed E-state index contributed by atoms with van der Waals surface area (Å²) in [5.74, 6) is 0.0288. The van der Waals surface area contributed by atoms with Gasteiger partial charge in [0.1, 0.15) is 5.75 Å². The number of methoxy groups -OCH3 is 1. The standard InChI is InChI=1S/C21H24ClN3O5S2/c1-4-5-15-7-6-14(12-19(15)32(28,29)25-21(27)31-23-2)10-11-24-20(26)17-13-16(22)8-9-18(17)30-3/h4,6-9,12-13,23H,1,5,10-11H2,2-3H3,(H,24,26)(H,25,27). The van der Waals surface area contributed by atoms with Gasteiger partial charge in [0.2, 0.25) is 0 Å². The molecule has 0 atom stereocenters. The Morgan fingerprint density at radius 2 is 1.97 bits per heavy atom. The number of halogens is 1. The molecule has 0 unspecified atom stereocenters. The summed E-state index contributed by atoms with van der Waals surface area (Å²) in [5, 5.41) is 2.43. The molecular weight excluding hydrogens is 474 g/mol. The van der Waals surface area contributed by atoms with Crippen LogP contribution in [0.25, 0.3) is 0 Å². The van der Waals surface area contributed by atoms with Crippen LogP contribution in [0.1, 0.15) is 21.5 Å². The molecule has 3 N–H and O–H groups in total. The van der Waals surface area contributed by atoms with E-state index in [1.807, 2.05) is 4.72 Å². The van der Waals surface area contributed by atoms with Crippen molar-refractivity contribution in [1.29, 1.82) is 0 Å². The van der Waals surface area contributed by atoms with E-state index in [4.69, 9.17) is 16.3 Å². The van der Waals surface area contributed by atoms with Gasteiger partial charge in [0.25, 0.3) is 15.9 Å². The monoisotopic (exact) mass is 497 g/mol. The minimum absolute atomic E-state index is 0.0113. The highest BCUT2D eigenvalue weighted by atomic mass is 35.5. The number of ether oxygens (including phenoxy) is 1. The number of rotatable bonds is 10. The van der Waals surface area contributed by atoms with E-state index in [9.17, 15) is 18.0 Å². The highest BCUT2D eigenvalue weighted by Gasteiger charge is 2.22. The molecular formula is C21H24ClN3O5S2. The smallest absolute Gasteiger partial charge is 0.307 e. The molecule has 0 saturated heterocycles. The Bertz CT molecular complexity index is 1110. The Morgan fingerprint density at radius 3 is 2.62 bits per heavy atom. The maximum Gasteiger partial charge on any atom is 0.307 e. The average Bonchev–Trinajstić information content (AvgIpc) is 2.74. The number of hydrogen-bond acceptors (Lipinski definition) is 7. The molecule has 0 saturated carbocycles. The van der Waals surface area contributed by atoms with Crippen molar-refractivity contribution in [3.05, 3.63) is 70.8 Å². The van der Waals surface area contributed by atoms with Crippen LogP contribution in [0, 0.1) is 0 Å². The molecule has 2 rings (SSSR count). The number of hydrogen-bond donors (Lipinski definition) is 3. The molecule has 0 aliphatic rings. The van der Waals surface area contributed by atoms with Gasteiger partial charge in [0, 0.05) is 23.5 Å². The molecule has 11 heteroatoms. The van der Waals surface area contributed by atoms with E-state index < -0.39 is 15.3 Å². The van der Waals surface area contributed by atoms with Crippen molar-refractivity contribution in [3.8, 4) is 5.75 Å². The van der Waals surface area contributed by atoms with Crippen LogP contribution in [-0.4, -0.2) is 40.3 Å². The quantitative estimate of drug-likeness (QED) is 0.341. The fourth-order valence-corrected chi connectivity index (χ4v) is 4.87. The summed E-state index contributed by atoms with van der Waals surface area (Å²) in [6, 6.07) is 9.67. The molecule has 172 valence electrons. The molecule has 32 heavy (non-hydrogen) atoms. The van der Waals surface area contributed by atoms with Crippen LogP contribution < -0.4 is 19.5 Å². The van der Waals surface area contributed by atoms with Gasteiger partial charge in [-0.3, -0.25) is 14.3 Å². The van der Waals surface area contributed by atoms with Crippen LogP contribution >= 0.6 is 23.5 Å². The minimum Gasteiger partial charge on any atom is -0.496 e. The van der Waals surface area contributed by atoms with E-state index in [0.717, 1.165) is 0 Å². The predicted molar refractivity (Wildman–Crippen MR) is 127 cm³/mol. The van der Waals surface area contributed by atoms with Crippen molar-refractivity contribution >= 4 is 44.7 Å². The van der Waals surface area contributed by atoms with Crippen LogP contribution in [-0.2, 0) is 22.9 Å². The molecule has 0 aliphatic heterocycles. The third-order valence-electron chi connectivity index (χ3n) is 4.30. The summed E-state index contributed by atoms with van der Waals surface area (Å²) >= 11 is 6.60. The summed E-state index contributed by atoms with van der Waals surface area (Å²) in [6.45, 7) is 3.89. The van der Waals surface area contributed by atoms with E-state index in [-0.39, 0.29) is 17.3 Å². The number of carbonyl (C=O) groups is 2. The van der Waals surface area contributed by atoms with Crippen molar-refractivity contribution in [2.75, 3.05) is 20.7 Å². The Kier molecular flexibility index (Phi) is 9.58. The highest BCUT2D eigenvalue weighted by molar-refractivity contribution is 8.13. The second-order valence-corrected chi connectivity index (χ2v) is 9.55. The Balaban J connectivity index is 2.17. The molecule has 8 nitrogen and oxygen atoms in total. The van der Waals surface area contributed by atoms with E-state index in [2.05, 4.69) is 16.6 Å². The Hall–Kier alpha value is -2.53. The number of amides is 2. The van der Waals surface area contributed by atoms with Gasteiger partial charge in [0.15, 0.2) is 0 Å². The first-order chi connectivity index (χ1) is 15.2. The van der Waals surface area contributed by atoms with Gasteiger partial charge in [0.05, 0.1) is 17.6 Å². The molecule has 2 aromatic carbocycles. The van der Waals surface area contributed by atoms with Gasteiger partial charge < -0.3 is 10.1 Å². The first-order valence-corrected chi connectivity index (χ1v) is 12.1. The van der Waals surface area contributed by atoms with E-state index in [0.29, 0.717) is 52.3 Å². The first-order valence-electron chi connectivity index (χ1n) is 9.46. The molecule has 0 radical (unpaired) electrons. The lowest BCUT2D eigenvalue weighted by atomic mass is 10.1. The van der Waals surface area contributed by atoms with E-state index >= 15 is 0 Å². The summed E-state index contributed by atoms with van der Waals surface area (Å²) in [4.78, 5) is 24.3. The first kappa shape index (κ1) is 25.7. The minimum atomic E-state index is -4.08. The van der Waals surface area contributed by atoms with Gasteiger partial charge in [-0.1, -0.05) is 29.8 Å². The average molecular weight is 498 g/mol. The van der Waals surface area contributed by atoms with Crippen molar-refractivity contribution in [2.45, 2.75) is 17.7 Å². The Morgan fingerprint density at radius 1 is 1.22 bits per heavy atom. The van der Waals surface area contributed by atoms with Gasteiger partial charge in [-0.05, 0) is 55.3 Å². The van der Waals surface area contributed by atoms with Crippen molar-refractivity contribution < 1.29 is 22.7 Å². The van der Waals surface area contributed by atoms with Gasteiger partial charge in [-0.2, -0.15) is 0 Å². The third kappa shape index (κ3) is 6.99. The van der Waals surface area contributed by atoms with Crippen molar-refractivity contribution in [1.82, 2.24) is 14.8 Å². The van der Waals surface area contributed by atoms with Crippen LogP contribution in [0.3, 0.4) is 0 Å². The molecule has 0 spiro atoms.